The van der Waals surface area contributed by atoms with E-state index in [1.165, 1.54) is 24.3 Å². The van der Waals surface area contributed by atoms with E-state index in [-0.39, 0.29) is 5.54 Å². The van der Waals surface area contributed by atoms with E-state index >= 15 is 0 Å². The molecule has 0 saturated heterocycles. The zero-order valence-corrected chi connectivity index (χ0v) is 13.3. The monoisotopic (exact) mass is 268 g/mol. The van der Waals surface area contributed by atoms with E-state index in [1.54, 1.807) is 0 Å². The lowest BCUT2D eigenvalue weighted by molar-refractivity contribution is 0.257. The molecule has 0 aromatic carbocycles. The van der Waals surface area contributed by atoms with Crippen LogP contribution in [-0.4, -0.2) is 30.6 Å². The fourth-order valence-corrected chi connectivity index (χ4v) is 2.74. The van der Waals surface area contributed by atoms with Crippen molar-refractivity contribution < 1.29 is 0 Å². The molecular weight excluding hydrogens is 240 g/mol. The summed E-state index contributed by atoms with van der Waals surface area (Å²) in [7, 11) is 2.22. The number of unbranched alkanes of at least 4 members (excludes halogenated alkanes) is 1. The van der Waals surface area contributed by atoms with E-state index in [0.29, 0.717) is 6.04 Å². The van der Waals surface area contributed by atoms with E-state index in [1.807, 2.05) is 11.3 Å². The van der Waals surface area contributed by atoms with Crippen molar-refractivity contribution in [2.75, 3.05) is 20.1 Å². The van der Waals surface area contributed by atoms with Crippen LogP contribution < -0.4 is 5.32 Å². The van der Waals surface area contributed by atoms with Crippen molar-refractivity contribution in [3.05, 3.63) is 22.4 Å². The second-order valence-corrected chi connectivity index (χ2v) is 7.04. The number of rotatable bonds is 7. The lowest BCUT2D eigenvalue weighted by Gasteiger charge is -2.24. The Labute approximate surface area is 116 Å². The Morgan fingerprint density at radius 1 is 1.33 bits per heavy atom. The number of hydrogen-bond acceptors (Lipinski definition) is 3. The minimum Gasteiger partial charge on any atom is -0.312 e. The van der Waals surface area contributed by atoms with Gasteiger partial charge in [0.2, 0.25) is 0 Å². The highest BCUT2D eigenvalue weighted by Gasteiger charge is 2.12. The Balaban J connectivity index is 2.16. The average molecular weight is 268 g/mol. The third-order valence-electron chi connectivity index (χ3n) is 3.21. The molecule has 0 saturated carbocycles. The van der Waals surface area contributed by atoms with Crippen molar-refractivity contribution in [2.24, 2.45) is 0 Å². The first-order valence-corrected chi connectivity index (χ1v) is 7.77. The van der Waals surface area contributed by atoms with Crippen LogP contribution in [0.5, 0.6) is 0 Å². The van der Waals surface area contributed by atoms with Crippen LogP contribution in [0.15, 0.2) is 17.5 Å². The summed E-state index contributed by atoms with van der Waals surface area (Å²) in [5, 5.41) is 5.70. The van der Waals surface area contributed by atoms with E-state index in [9.17, 15) is 0 Å². The summed E-state index contributed by atoms with van der Waals surface area (Å²) in [6.07, 6.45) is 2.51. The van der Waals surface area contributed by atoms with Gasteiger partial charge < -0.3 is 5.32 Å². The molecule has 0 aliphatic heterocycles. The summed E-state index contributed by atoms with van der Waals surface area (Å²) in [4.78, 5) is 3.91. The van der Waals surface area contributed by atoms with Crippen molar-refractivity contribution in [1.29, 1.82) is 0 Å². The third kappa shape index (κ3) is 5.98. The Morgan fingerprint density at radius 3 is 2.61 bits per heavy atom. The summed E-state index contributed by atoms with van der Waals surface area (Å²) in [6.45, 7) is 11.2. The largest absolute Gasteiger partial charge is 0.312 e. The van der Waals surface area contributed by atoms with Crippen LogP contribution in [0.3, 0.4) is 0 Å². The third-order valence-corrected chi connectivity index (χ3v) is 4.25. The zero-order chi connectivity index (χ0) is 13.6. The first-order chi connectivity index (χ1) is 8.40. The van der Waals surface area contributed by atoms with Gasteiger partial charge in [0.15, 0.2) is 0 Å². The van der Waals surface area contributed by atoms with Crippen molar-refractivity contribution in [2.45, 2.75) is 52.1 Å². The maximum atomic E-state index is 3.54. The van der Waals surface area contributed by atoms with Crippen LogP contribution in [0, 0.1) is 0 Å². The molecule has 1 heterocycles. The molecule has 0 spiro atoms. The predicted octanol–water partition coefficient (Wildman–Crippen LogP) is 3.91. The summed E-state index contributed by atoms with van der Waals surface area (Å²) < 4.78 is 0. The van der Waals surface area contributed by atoms with Crippen molar-refractivity contribution >= 4 is 11.3 Å². The molecule has 3 heteroatoms. The molecular formula is C15H28N2S. The molecule has 18 heavy (non-hydrogen) atoms. The first kappa shape index (κ1) is 15.7. The maximum absolute atomic E-state index is 3.54. The number of nitrogens with one attached hydrogen (secondary N) is 1. The first-order valence-electron chi connectivity index (χ1n) is 6.89. The summed E-state index contributed by atoms with van der Waals surface area (Å²) in [5.41, 5.74) is 0.246. The van der Waals surface area contributed by atoms with Gasteiger partial charge in [-0.25, -0.2) is 0 Å². The maximum Gasteiger partial charge on any atom is 0.0410 e. The van der Waals surface area contributed by atoms with Crippen LogP contribution in [0.1, 0.15) is 51.5 Å². The molecule has 0 aliphatic rings. The Bertz CT molecular complexity index is 314. The summed E-state index contributed by atoms with van der Waals surface area (Å²) in [5.74, 6) is 0. The molecule has 0 aliphatic carbocycles. The van der Waals surface area contributed by atoms with Crippen LogP contribution in [-0.2, 0) is 0 Å². The number of thiophene rings is 1. The van der Waals surface area contributed by atoms with Gasteiger partial charge in [-0.2, -0.15) is 0 Å². The number of nitrogens with zero attached hydrogens (tertiary/aromatic N) is 1. The Hall–Kier alpha value is -0.380. The van der Waals surface area contributed by atoms with Gasteiger partial charge in [-0.1, -0.05) is 6.07 Å². The van der Waals surface area contributed by atoms with Crippen LogP contribution >= 0.6 is 11.3 Å². The standard InChI is InChI=1S/C15H28N2S/c1-13(14-9-8-12-18-14)17(5)11-7-6-10-16-15(2,3)4/h8-9,12-13,16H,6-7,10-11H2,1-5H3. The highest BCUT2D eigenvalue weighted by atomic mass is 32.1. The van der Waals surface area contributed by atoms with Gasteiger partial charge in [0, 0.05) is 16.5 Å². The molecule has 0 amide bonds. The lowest BCUT2D eigenvalue weighted by atomic mass is 10.1. The molecule has 1 rings (SSSR count). The molecule has 0 radical (unpaired) electrons. The summed E-state index contributed by atoms with van der Waals surface area (Å²) in [6, 6.07) is 4.91. The normalized spacial score (nSPS) is 14.1. The van der Waals surface area contributed by atoms with E-state index in [0.717, 1.165) is 6.54 Å². The van der Waals surface area contributed by atoms with Crippen LogP contribution in [0.4, 0.5) is 0 Å². The molecule has 1 aromatic rings. The smallest absolute Gasteiger partial charge is 0.0410 e. The van der Waals surface area contributed by atoms with Gasteiger partial charge in [-0.05, 0) is 72.1 Å². The van der Waals surface area contributed by atoms with Crippen molar-refractivity contribution in [3.8, 4) is 0 Å². The fourth-order valence-electron chi connectivity index (χ4n) is 1.89. The molecule has 0 fully saturated rings. The van der Waals surface area contributed by atoms with E-state index < -0.39 is 0 Å². The van der Waals surface area contributed by atoms with Crippen LogP contribution in [0.2, 0.25) is 0 Å². The van der Waals surface area contributed by atoms with E-state index in [4.69, 9.17) is 0 Å². The Morgan fingerprint density at radius 2 is 2.06 bits per heavy atom. The van der Waals surface area contributed by atoms with Gasteiger partial charge in [0.25, 0.3) is 0 Å². The highest BCUT2D eigenvalue weighted by molar-refractivity contribution is 7.10. The second kappa shape index (κ2) is 7.27. The molecule has 1 atom stereocenters. The molecule has 1 aromatic heterocycles. The second-order valence-electron chi connectivity index (χ2n) is 6.06. The summed E-state index contributed by atoms with van der Waals surface area (Å²) >= 11 is 1.85. The van der Waals surface area contributed by atoms with Gasteiger partial charge in [0.05, 0.1) is 0 Å². The highest BCUT2D eigenvalue weighted by Crippen LogP contribution is 2.23. The van der Waals surface area contributed by atoms with Crippen molar-refractivity contribution in [3.63, 3.8) is 0 Å². The lowest BCUT2D eigenvalue weighted by Crippen LogP contribution is -2.36. The quantitative estimate of drug-likeness (QED) is 0.754. The molecule has 0 bridgehead atoms. The van der Waals surface area contributed by atoms with Gasteiger partial charge >= 0.3 is 0 Å². The topological polar surface area (TPSA) is 15.3 Å². The van der Waals surface area contributed by atoms with Gasteiger partial charge in [-0.3, -0.25) is 4.90 Å². The van der Waals surface area contributed by atoms with Crippen LogP contribution in [0.25, 0.3) is 0 Å². The number of hydrogen-bond donors (Lipinski definition) is 1. The Kier molecular flexibility index (Phi) is 6.33. The molecule has 104 valence electrons. The molecule has 1 N–H and O–H groups in total. The average Bonchev–Trinajstić information content (AvgIpc) is 2.79. The SMILES string of the molecule is CC(c1cccs1)N(C)CCCCNC(C)(C)C. The fraction of sp³-hybridized carbons (Fsp3) is 0.733. The minimum atomic E-state index is 0.246. The molecule has 1 unspecified atom stereocenters. The molecule has 2 nitrogen and oxygen atoms in total. The minimum absolute atomic E-state index is 0.246. The predicted molar refractivity (Wildman–Crippen MR) is 82.4 cm³/mol. The van der Waals surface area contributed by atoms with Crippen molar-refractivity contribution in [1.82, 2.24) is 10.2 Å². The van der Waals surface area contributed by atoms with Gasteiger partial charge in [-0.15, -0.1) is 11.3 Å². The van der Waals surface area contributed by atoms with Gasteiger partial charge in [0.1, 0.15) is 0 Å². The van der Waals surface area contributed by atoms with E-state index in [2.05, 4.69) is 62.5 Å². The zero-order valence-electron chi connectivity index (χ0n) is 12.5.